The number of carbonyl (C=O) groups is 1. The van der Waals surface area contributed by atoms with Crippen LogP contribution in [0.25, 0.3) is 10.4 Å². The summed E-state index contributed by atoms with van der Waals surface area (Å²) in [7, 11) is 0. The molecule has 1 aromatic carbocycles. The highest BCUT2D eigenvalue weighted by atomic mass is 35.5. The Balaban J connectivity index is 1.16. The van der Waals surface area contributed by atoms with Gasteiger partial charge in [-0.15, -0.1) is 11.3 Å². The van der Waals surface area contributed by atoms with Crippen LogP contribution in [0.15, 0.2) is 47.0 Å². The van der Waals surface area contributed by atoms with Gasteiger partial charge in [-0.05, 0) is 42.7 Å². The van der Waals surface area contributed by atoms with Crippen LogP contribution in [-0.2, 0) is 6.54 Å². The van der Waals surface area contributed by atoms with Crippen LogP contribution in [0.5, 0.6) is 0 Å². The van der Waals surface area contributed by atoms with Crippen LogP contribution in [0.2, 0.25) is 5.02 Å². The molecule has 29 heavy (non-hydrogen) atoms. The molecule has 3 aromatic rings. The Kier molecular flexibility index (Phi) is 5.16. The summed E-state index contributed by atoms with van der Waals surface area (Å²) in [6, 6.07) is 14.1. The van der Waals surface area contributed by atoms with E-state index in [2.05, 4.69) is 28.3 Å². The van der Waals surface area contributed by atoms with Crippen LogP contribution in [0.1, 0.15) is 39.9 Å². The molecular weight excluding hydrogens is 406 g/mol. The Morgan fingerprint density at radius 1 is 1.14 bits per heavy atom. The maximum absolute atomic E-state index is 12.7. The normalized spacial score (nSPS) is 17.6. The van der Waals surface area contributed by atoms with Crippen molar-refractivity contribution < 1.29 is 9.32 Å². The summed E-state index contributed by atoms with van der Waals surface area (Å²) in [5, 5.41) is 4.75. The molecule has 7 heteroatoms. The fourth-order valence-corrected chi connectivity index (χ4v) is 4.94. The first-order valence-electron chi connectivity index (χ1n) is 9.98. The standard InChI is InChI=1S/C22H22ClN3O2S/c23-17-3-1-2-16(12-17)21-7-6-18(29-21)14-25-8-10-26(11-9-25)22(27)19-13-20(28-24-19)15-4-5-15/h1-3,6-7,12-13,15H,4-5,8-11,14H2. The zero-order valence-electron chi connectivity index (χ0n) is 16.0. The molecule has 2 aromatic heterocycles. The summed E-state index contributed by atoms with van der Waals surface area (Å²) < 4.78 is 5.33. The second-order valence-corrected chi connectivity index (χ2v) is 9.34. The maximum Gasteiger partial charge on any atom is 0.276 e. The van der Waals surface area contributed by atoms with Crippen molar-refractivity contribution in [2.45, 2.75) is 25.3 Å². The zero-order chi connectivity index (χ0) is 19.8. The average Bonchev–Trinajstić information content (AvgIpc) is 3.28. The number of nitrogens with zero attached hydrogens (tertiary/aromatic N) is 3. The fourth-order valence-electron chi connectivity index (χ4n) is 3.70. The van der Waals surface area contributed by atoms with E-state index in [0.29, 0.717) is 11.6 Å². The van der Waals surface area contributed by atoms with Gasteiger partial charge in [0.25, 0.3) is 5.91 Å². The van der Waals surface area contributed by atoms with Gasteiger partial charge in [-0.25, -0.2) is 0 Å². The van der Waals surface area contributed by atoms with Gasteiger partial charge in [0.2, 0.25) is 0 Å². The maximum atomic E-state index is 12.7. The van der Waals surface area contributed by atoms with E-state index in [1.807, 2.05) is 29.2 Å². The summed E-state index contributed by atoms with van der Waals surface area (Å²) in [6.07, 6.45) is 2.28. The molecule has 0 radical (unpaired) electrons. The van der Waals surface area contributed by atoms with E-state index in [-0.39, 0.29) is 5.91 Å². The van der Waals surface area contributed by atoms with Crippen LogP contribution < -0.4 is 0 Å². The third-order valence-electron chi connectivity index (χ3n) is 5.54. The van der Waals surface area contributed by atoms with Crippen molar-refractivity contribution in [3.05, 3.63) is 63.8 Å². The lowest BCUT2D eigenvalue weighted by atomic mass is 10.2. The van der Waals surface area contributed by atoms with Gasteiger partial charge >= 0.3 is 0 Å². The van der Waals surface area contributed by atoms with E-state index in [9.17, 15) is 4.79 Å². The van der Waals surface area contributed by atoms with Crippen LogP contribution in [-0.4, -0.2) is 47.0 Å². The Bertz CT molecular complexity index is 1020. The third kappa shape index (κ3) is 4.25. The van der Waals surface area contributed by atoms with E-state index < -0.39 is 0 Å². The number of aromatic nitrogens is 1. The van der Waals surface area contributed by atoms with Crippen molar-refractivity contribution in [1.82, 2.24) is 15.0 Å². The number of carbonyl (C=O) groups excluding carboxylic acids is 1. The lowest BCUT2D eigenvalue weighted by Gasteiger charge is -2.34. The molecule has 0 N–H and O–H groups in total. The van der Waals surface area contributed by atoms with Gasteiger partial charge in [0.15, 0.2) is 5.69 Å². The smallest absolute Gasteiger partial charge is 0.276 e. The Morgan fingerprint density at radius 3 is 2.72 bits per heavy atom. The summed E-state index contributed by atoms with van der Waals surface area (Å²) in [5.41, 5.74) is 1.60. The summed E-state index contributed by atoms with van der Waals surface area (Å²) in [4.78, 5) is 19.5. The number of halogens is 1. The van der Waals surface area contributed by atoms with Gasteiger partial charge in [0.05, 0.1) is 0 Å². The third-order valence-corrected chi connectivity index (χ3v) is 6.89. The van der Waals surface area contributed by atoms with Crippen LogP contribution in [0.3, 0.4) is 0 Å². The van der Waals surface area contributed by atoms with Gasteiger partial charge in [-0.2, -0.15) is 0 Å². The zero-order valence-corrected chi connectivity index (χ0v) is 17.6. The molecule has 0 unspecified atom stereocenters. The largest absolute Gasteiger partial charge is 0.360 e. The van der Waals surface area contributed by atoms with Gasteiger partial charge < -0.3 is 9.42 Å². The number of benzene rings is 1. The van der Waals surface area contributed by atoms with E-state index in [1.165, 1.54) is 9.75 Å². The first kappa shape index (κ1) is 18.9. The summed E-state index contributed by atoms with van der Waals surface area (Å²) in [6.45, 7) is 4.07. The molecule has 2 fully saturated rings. The minimum atomic E-state index is -0.0142. The molecular formula is C22H22ClN3O2S. The van der Waals surface area contributed by atoms with Gasteiger partial charge in [0.1, 0.15) is 5.76 Å². The lowest BCUT2D eigenvalue weighted by molar-refractivity contribution is 0.0619. The van der Waals surface area contributed by atoms with Crippen molar-refractivity contribution in [2.24, 2.45) is 0 Å². The molecule has 2 aliphatic rings. The van der Waals surface area contributed by atoms with Crippen LogP contribution in [0, 0.1) is 0 Å². The quantitative estimate of drug-likeness (QED) is 0.581. The van der Waals surface area contributed by atoms with Crippen LogP contribution >= 0.6 is 22.9 Å². The number of hydrogen-bond acceptors (Lipinski definition) is 5. The molecule has 0 atom stereocenters. The Morgan fingerprint density at radius 2 is 1.97 bits per heavy atom. The second-order valence-electron chi connectivity index (χ2n) is 7.73. The van der Waals surface area contributed by atoms with Gasteiger partial charge in [-0.3, -0.25) is 9.69 Å². The predicted octanol–water partition coefficient (Wildman–Crippen LogP) is 4.89. The van der Waals surface area contributed by atoms with E-state index in [1.54, 1.807) is 11.3 Å². The molecule has 1 saturated heterocycles. The highest BCUT2D eigenvalue weighted by Crippen LogP contribution is 2.40. The topological polar surface area (TPSA) is 49.6 Å². The predicted molar refractivity (Wildman–Crippen MR) is 114 cm³/mol. The summed E-state index contributed by atoms with van der Waals surface area (Å²) >= 11 is 7.91. The van der Waals surface area contributed by atoms with Crippen molar-refractivity contribution in [3.8, 4) is 10.4 Å². The molecule has 0 spiro atoms. The highest BCUT2D eigenvalue weighted by Gasteiger charge is 2.30. The minimum Gasteiger partial charge on any atom is -0.360 e. The SMILES string of the molecule is O=C(c1cc(C2CC2)on1)N1CCN(Cc2ccc(-c3cccc(Cl)c3)s2)CC1. The number of thiophene rings is 1. The second kappa shape index (κ2) is 7.94. The first-order valence-corrected chi connectivity index (χ1v) is 11.2. The van der Waals surface area contributed by atoms with E-state index in [4.69, 9.17) is 16.1 Å². The average molecular weight is 428 g/mol. The Labute approximate surface area is 178 Å². The van der Waals surface area contributed by atoms with E-state index >= 15 is 0 Å². The van der Waals surface area contributed by atoms with Crippen molar-refractivity contribution in [3.63, 3.8) is 0 Å². The number of amides is 1. The monoisotopic (exact) mass is 427 g/mol. The fraction of sp³-hybridized carbons (Fsp3) is 0.364. The highest BCUT2D eigenvalue weighted by molar-refractivity contribution is 7.15. The molecule has 5 rings (SSSR count). The first-order chi connectivity index (χ1) is 14.2. The minimum absolute atomic E-state index is 0.0142. The molecule has 0 bridgehead atoms. The molecule has 1 amide bonds. The van der Waals surface area contributed by atoms with Crippen molar-refractivity contribution >= 4 is 28.8 Å². The molecule has 5 nitrogen and oxygen atoms in total. The molecule has 1 aliphatic heterocycles. The van der Waals surface area contributed by atoms with Crippen molar-refractivity contribution in [1.29, 1.82) is 0 Å². The van der Waals surface area contributed by atoms with Gasteiger partial charge in [0, 0.05) is 59.5 Å². The van der Waals surface area contributed by atoms with Gasteiger partial charge in [-0.1, -0.05) is 28.9 Å². The number of rotatable bonds is 5. The molecule has 3 heterocycles. The lowest BCUT2D eigenvalue weighted by Crippen LogP contribution is -2.48. The molecule has 1 aliphatic carbocycles. The number of hydrogen-bond donors (Lipinski definition) is 0. The molecule has 1 saturated carbocycles. The Hall–Kier alpha value is -2.15. The number of piperazine rings is 1. The van der Waals surface area contributed by atoms with E-state index in [0.717, 1.165) is 61.9 Å². The van der Waals surface area contributed by atoms with Crippen LogP contribution in [0.4, 0.5) is 0 Å². The molecule has 150 valence electrons. The summed E-state index contributed by atoms with van der Waals surface area (Å²) in [5.74, 6) is 1.32. The van der Waals surface area contributed by atoms with Crippen molar-refractivity contribution in [2.75, 3.05) is 26.2 Å².